The molecule has 1 N–H and O–H groups in total. The van der Waals surface area contributed by atoms with E-state index < -0.39 is 5.79 Å². The lowest BCUT2D eigenvalue weighted by molar-refractivity contribution is -0.246. The minimum absolute atomic E-state index is 0.529. The van der Waals surface area contributed by atoms with Crippen LogP contribution in [0, 0.1) is 0 Å². The Hall–Kier alpha value is -2.03. The summed E-state index contributed by atoms with van der Waals surface area (Å²) in [4.78, 5) is 0. The van der Waals surface area contributed by atoms with Gasteiger partial charge in [0.05, 0.1) is 19.8 Å². The van der Waals surface area contributed by atoms with E-state index >= 15 is 0 Å². The molecule has 4 rings (SSSR count). The molecule has 0 spiro atoms. The Morgan fingerprint density at radius 1 is 1.26 bits per heavy atom. The third-order valence-corrected chi connectivity index (χ3v) is 4.42. The molecule has 120 valence electrons. The number of nitrogens with one attached hydrogen (secondary N) is 1. The van der Waals surface area contributed by atoms with Crippen LogP contribution in [0.25, 0.3) is 17.0 Å². The van der Waals surface area contributed by atoms with Crippen LogP contribution in [0.1, 0.15) is 13.3 Å². The Bertz CT molecular complexity index is 795. The van der Waals surface area contributed by atoms with Gasteiger partial charge in [-0.15, -0.1) is 15.3 Å². The van der Waals surface area contributed by atoms with E-state index in [-0.39, 0.29) is 0 Å². The summed E-state index contributed by atoms with van der Waals surface area (Å²) in [6, 6.07) is 5.78. The number of fused-ring (bicyclic) bond motifs is 1. The van der Waals surface area contributed by atoms with Gasteiger partial charge in [-0.05, 0) is 36.9 Å². The Morgan fingerprint density at radius 3 is 2.91 bits per heavy atom. The number of nitrogens with zero attached hydrogens (tertiary/aromatic N) is 4. The quantitative estimate of drug-likeness (QED) is 0.791. The van der Waals surface area contributed by atoms with Crippen molar-refractivity contribution in [3.63, 3.8) is 0 Å². The molecule has 1 aliphatic rings. The molecule has 4 heterocycles. The minimum atomic E-state index is -0.613. The summed E-state index contributed by atoms with van der Waals surface area (Å²) < 4.78 is 13.1. The van der Waals surface area contributed by atoms with Crippen LogP contribution < -0.4 is 5.32 Å². The van der Waals surface area contributed by atoms with Crippen molar-refractivity contribution < 1.29 is 9.47 Å². The molecule has 1 fully saturated rings. The van der Waals surface area contributed by atoms with Gasteiger partial charge in [-0.2, -0.15) is 15.9 Å². The standard InChI is InChI=1S/C15H17N5O2S/c1-15(21-6-2-7-22-15)10-16-12-3-4-13-17-18-14(20(13)19-12)11-5-8-23-9-11/h3-5,8-9H,2,6-7,10H2,1H3,(H,16,19). The zero-order valence-corrected chi connectivity index (χ0v) is 13.5. The molecular weight excluding hydrogens is 314 g/mol. The molecule has 8 heteroatoms. The average molecular weight is 331 g/mol. The fourth-order valence-corrected chi connectivity index (χ4v) is 3.12. The van der Waals surface area contributed by atoms with Crippen molar-refractivity contribution in [1.29, 1.82) is 0 Å². The van der Waals surface area contributed by atoms with Crippen LogP contribution in [0.2, 0.25) is 0 Å². The van der Waals surface area contributed by atoms with Gasteiger partial charge < -0.3 is 14.8 Å². The van der Waals surface area contributed by atoms with Crippen molar-refractivity contribution in [3.8, 4) is 11.4 Å². The number of ether oxygens (including phenoxy) is 2. The van der Waals surface area contributed by atoms with Gasteiger partial charge in [-0.1, -0.05) is 0 Å². The van der Waals surface area contributed by atoms with Gasteiger partial charge in [0.25, 0.3) is 0 Å². The maximum absolute atomic E-state index is 5.70. The third kappa shape index (κ3) is 2.92. The zero-order valence-electron chi connectivity index (χ0n) is 12.7. The molecular formula is C15H17N5O2S. The normalized spacial score (nSPS) is 17.4. The van der Waals surface area contributed by atoms with Crippen LogP contribution in [0.5, 0.6) is 0 Å². The second kappa shape index (κ2) is 5.88. The van der Waals surface area contributed by atoms with Gasteiger partial charge in [-0.3, -0.25) is 0 Å². The lowest BCUT2D eigenvalue weighted by Crippen LogP contribution is -2.43. The topological polar surface area (TPSA) is 73.6 Å². The van der Waals surface area contributed by atoms with E-state index in [0.29, 0.717) is 12.2 Å². The van der Waals surface area contributed by atoms with Crippen molar-refractivity contribution in [2.45, 2.75) is 19.1 Å². The van der Waals surface area contributed by atoms with E-state index in [1.54, 1.807) is 15.9 Å². The fraction of sp³-hybridized carbons (Fsp3) is 0.400. The first-order valence-corrected chi connectivity index (χ1v) is 8.45. The summed E-state index contributed by atoms with van der Waals surface area (Å²) in [7, 11) is 0. The van der Waals surface area contributed by atoms with Gasteiger partial charge in [0, 0.05) is 10.9 Å². The summed E-state index contributed by atoms with van der Waals surface area (Å²) in [5.41, 5.74) is 1.73. The highest BCUT2D eigenvalue weighted by Gasteiger charge is 2.28. The highest BCUT2D eigenvalue weighted by Crippen LogP contribution is 2.22. The Kier molecular flexibility index (Phi) is 3.72. The van der Waals surface area contributed by atoms with E-state index in [1.165, 1.54) is 0 Å². The van der Waals surface area contributed by atoms with Crippen molar-refractivity contribution in [2.24, 2.45) is 0 Å². The van der Waals surface area contributed by atoms with Crippen molar-refractivity contribution in [1.82, 2.24) is 19.8 Å². The molecule has 7 nitrogen and oxygen atoms in total. The van der Waals surface area contributed by atoms with Crippen LogP contribution in [0.4, 0.5) is 5.82 Å². The van der Waals surface area contributed by atoms with Crippen LogP contribution in [-0.2, 0) is 9.47 Å². The predicted molar refractivity (Wildman–Crippen MR) is 87.5 cm³/mol. The van der Waals surface area contributed by atoms with Gasteiger partial charge in [0.2, 0.25) is 0 Å². The number of hydrogen-bond donors (Lipinski definition) is 1. The van der Waals surface area contributed by atoms with Crippen LogP contribution in [0.15, 0.2) is 29.0 Å². The first-order chi connectivity index (χ1) is 11.2. The summed E-state index contributed by atoms with van der Waals surface area (Å²) in [6.07, 6.45) is 0.935. The summed E-state index contributed by atoms with van der Waals surface area (Å²) >= 11 is 1.62. The van der Waals surface area contributed by atoms with Gasteiger partial charge in [-0.25, -0.2) is 0 Å². The second-order valence-electron chi connectivity index (χ2n) is 5.56. The summed E-state index contributed by atoms with van der Waals surface area (Å²) in [5.74, 6) is 0.854. The highest BCUT2D eigenvalue weighted by atomic mass is 32.1. The first kappa shape index (κ1) is 14.6. The molecule has 0 radical (unpaired) electrons. The zero-order chi connectivity index (χ0) is 15.7. The Balaban J connectivity index is 1.57. The number of rotatable bonds is 4. The molecule has 3 aromatic rings. The SMILES string of the molecule is CC1(CNc2ccc3nnc(-c4ccsc4)n3n2)OCCCO1. The van der Waals surface area contributed by atoms with Crippen molar-refractivity contribution in [2.75, 3.05) is 25.1 Å². The largest absolute Gasteiger partial charge is 0.363 e. The Morgan fingerprint density at radius 2 is 2.13 bits per heavy atom. The molecule has 0 atom stereocenters. The molecule has 0 aromatic carbocycles. The monoisotopic (exact) mass is 331 g/mol. The lowest BCUT2D eigenvalue weighted by Gasteiger charge is -2.34. The molecule has 1 saturated heterocycles. The molecule has 1 aliphatic heterocycles. The van der Waals surface area contributed by atoms with Crippen LogP contribution in [0.3, 0.4) is 0 Å². The fourth-order valence-electron chi connectivity index (χ4n) is 2.48. The van der Waals surface area contributed by atoms with Gasteiger partial charge in [0.1, 0.15) is 5.82 Å². The van der Waals surface area contributed by atoms with Gasteiger partial charge >= 0.3 is 0 Å². The molecule has 0 saturated carbocycles. The maximum Gasteiger partial charge on any atom is 0.186 e. The smallest absolute Gasteiger partial charge is 0.186 e. The molecule has 3 aromatic heterocycles. The third-order valence-electron chi connectivity index (χ3n) is 3.74. The number of anilines is 1. The van der Waals surface area contributed by atoms with E-state index in [1.807, 2.05) is 35.9 Å². The lowest BCUT2D eigenvalue weighted by atomic mass is 10.2. The van der Waals surface area contributed by atoms with Crippen molar-refractivity contribution >= 4 is 22.8 Å². The van der Waals surface area contributed by atoms with E-state index in [2.05, 4.69) is 20.6 Å². The second-order valence-corrected chi connectivity index (χ2v) is 6.34. The van der Waals surface area contributed by atoms with Crippen molar-refractivity contribution in [3.05, 3.63) is 29.0 Å². The maximum atomic E-state index is 5.70. The van der Waals surface area contributed by atoms with Gasteiger partial charge in [0.15, 0.2) is 17.3 Å². The summed E-state index contributed by atoms with van der Waals surface area (Å²) in [5, 5.41) is 20.3. The van der Waals surface area contributed by atoms with E-state index in [9.17, 15) is 0 Å². The average Bonchev–Trinajstić information content (AvgIpc) is 3.22. The summed E-state index contributed by atoms with van der Waals surface area (Å²) in [6.45, 7) is 3.91. The molecule has 0 unspecified atom stereocenters. The number of hydrogen-bond acceptors (Lipinski definition) is 7. The first-order valence-electron chi connectivity index (χ1n) is 7.50. The molecule has 23 heavy (non-hydrogen) atoms. The van der Waals surface area contributed by atoms with E-state index in [4.69, 9.17) is 9.47 Å². The molecule has 0 bridgehead atoms. The predicted octanol–water partition coefficient (Wildman–Crippen LogP) is 2.42. The minimum Gasteiger partial charge on any atom is -0.363 e. The highest BCUT2D eigenvalue weighted by molar-refractivity contribution is 7.08. The molecule has 0 amide bonds. The van der Waals surface area contributed by atoms with Crippen LogP contribution in [-0.4, -0.2) is 45.4 Å². The number of aromatic nitrogens is 4. The molecule has 0 aliphatic carbocycles. The number of thiophene rings is 1. The Labute approximate surface area is 137 Å². The van der Waals surface area contributed by atoms with E-state index in [0.717, 1.165) is 36.8 Å². The van der Waals surface area contributed by atoms with Crippen LogP contribution >= 0.6 is 11.3 Å².